The maximum Gasteiger partial charge on any atom is 0.0429 e. The summed E-state index contributed by atoms with van der Waals surface area (Å²) in [6.45, 7) is 6.68. The van der Waals surface area contributed by atoms with Gasteiger partial charge >= 0.3 is 0 Å². The van der Waals surface area contributed by atoms with Crippen LogP contribution in [0.5, 0.6) is 0 Å². The highest BCUT2D eigenvalue weighted by Crippen LogP contribution is 2.26. The van der Waals surface area contributed by atoms with Gasteiger partial charge < -0.3 is 5.73 Å². The Morgan fingerprint density at radius 3 is 2.88 bits per heavy atom. The quantitative estimate of drug-likeness (QED) is 0.837. The highest BCUT2D eigenvalue weighted by atomic mass is 35.5. The zero-order valence-electron chi connectivity index (χ0n) is 10.3. The van der Waals surface area contributed by atoms with Crippen LogP contribution in [0.2, 0.25) is 5.02 Å². The second-order valence-corrected chi connectivity index (χ2v) is 6.60. The standard InChI is InChI=1S/C13H19ClN2S/c1-9-10(2)17-4-3-16(9)8-11-5-12(14)7-13(15)6-11/h5-7,9-10H,3-4,8,15H2,1-2H3. The number of anilines is 1. The van der Waals surface area contributed by atoms with E-state index in [-0.39, 0.29) is 0 Å². The number of hydrogen-bond donors (Lipinski definition) is 1. The van der Waals surface area contributed by atoms with Crippen molar-refractivity contribution in [1.82, 2.24) is 4.90 Å². The van der Waals surface area contributed by atoms with E-state index in [1.807, 2.05) is 12.1 Å². The van der Waals surface area contributed by atoms with Crippen LogP contribution < -0.4 is 5.73 Å². The van der Waals surface area contributed by atoms with E-state index in [1.165, 1.54) is 11.3 Å². The molecule has 1 heterocycles. The van der Waals surface area contributed by atoms with Crippen molar-refractivity contribution in [2.75, 3.05) is 18.0 Å². The Hall–Kier alpha value is -0.380. The Bertz CT molecular complexity index is 377. The van der Waals surface area contributed by atoms with Crippen molar-refractivity contribution in [2.24, 2.45) is 0 Å². The van der Waals surface area contributed by atoms with E-state index >= 15 is 0 Å². The topological polar surface area (TPSA) is 29.3 Å². The third kappa shape index (κ3) is 3.30. The first-order valence-electron chi connectivity index (χ1n) is 5.97. The molecule has 0 spiro atoms. The molecule has 1 aromatic rings. The van der Waals surface area contributed by atoms with Crippen molar-refractivity contribution in [3.63, 3.8) is 0 Å². The van der Waals surface area contributed by atoms with Gasteiger partial charge in [0.15, 0.2) is 0 Å². The van der Waals surface area contributed by atoms with Crippen LogP contribution in [-0.4, -0.2) is 28.5 Å². The van der Waals surface area contributed by atoms with Gasteiger partial charge in [0.05, 0.1) is 0 Å². The molecule has 0 amide bonds. The van der Waals surface area contributed by atoms with Gasteiger partial charge in [-0.3, -0.25) is 4.90 Å². The molecule has 94 valence electrons. The Labute approximate surface area is 113 Å². The summed E-state index contributed by atoms with van der Waals surface area (Å²) in [4.78, 5) is 2.51. The molecule has 2 unspecified atom stereocenters. The van der Waals surface area contributed by atoms with E-state index in [4.69, 9.17) is 17.3 Å². The van der Waals surface area contributed by atoms with Gasteiger partial charge in [0.25, 0.3) is 0 Å². The Kier molecular flexibility index (Phi) is 4.23. The minimum absolute atomic E-state index is 0.606. The summed E-state index contributed by atoms with van der Waals surface area (Å²) in [5.41, 5.74) is 7.78. The summed E-state index contributed by atoms with van der Waals surface area (Å²) in [6.07, 6.45) is 0. The molecule has 2 N–H and O–H groups in total. The molecule has 0 radical (unpaired) electrons. The van der Waals surface area contributed by atoms with Gasteiger partial charge in [0.1, 0.15) is 0 Å². The SMILES string of the molecule is CC1SCCN(Cc2cc(N)cc(Cl)c2)C1C. The van der Waals surface area contributed by atoms with Crippen molar-refractivity contribution in [1.29, 1.82) is 0 Å². The van der Waals surface area contributed by atoms with Crippen molar-refractivity contribution in [2.45, 2.75) is 31.7 Å². The molecular weight excluding hydrogens is 252 g/mol. The number of nitrogen functional groups attached to an aromatic ring is 1. The summed E-state index contributed by atoms with van der Waals surface area (Å²) in [7, 11) is 0. The normalized spacial score (nSPS) is 26.1. The summed E-state index contributed by atoms with van der Waals surface area (Å²) >= 11 is 8.08. The lowest BCUT2D eigenvalue weighted by atomic mass is 10.1. The summed E-state index contributed by atoms with van der Waals surface area (Å²) in [5.74, 6) is 1.21. The average molecular weight is 271 g/mol. The zero-order valence-corrected chi connectivity index (χ0v) is 11.9. The molecule has 1 aromatic carbocycles. The van der Waals surface area contributed by atoms with Crippen molar-refractivity contribution >= 4 is 29.1 Å². The first-order chi connectivity index (χ1) is 8.06. The van der Waals surface area contributed by atoms with Crippen molar-refractivity contribution < 1.29 is 0 Å². The lowest BCUT2D eigenvalue weighted by Crippen LogP contribution is -2.43. The zero-order chi connectivity index (χ0) is 12.4. The van der Waals surface area contributed by atoms with E-state index in [1.54, 1.807) is 6.07 Å². The number of thioether (sulfide) groups is 1. The maximum atomic E-state index is 6.03. The van der Waals surface area contributed by atoms with E-state index in [0.717, 1.165) is 23.8 Å². The Morgan fingerprint density at radius 2 is 2.18 bits per heavy atom. The van der Waals surface area contributed by atoms with Crippen LogP contribution in [0.4, 0.5) is 5.69 Å². The first kappa shape index (κ1) is 13.1. The minimum atomic E-state index is 0.606. The van der Waals surface area contributed by atoms with Crippen LogP contribution in [0.25, 0.3) is 0 Å². The summed E-state index contributed by atoms with van der Waals surface area (Å²) < 4.78 is 0. The van der Waals surface area contributed by atoms with Gasteiger partial charge in [-0.2, -0.15) is 11.8 Å². The van der Waals surface area contributed by atoms with Gasteiger partial charge in [-0.05, 0) is 30.7 Å². The van der Waals surface area contributed by atoms with Crippen LogP contribution in [0, 0.1) is 0 Å². The van der Waals surface area contributed by atoms with Crippen molar-refractivity contribution in [3.8, 4) is 0 Å². The monoisotopic (exact) mass is 270 g/mol. The molecule has 2 nitrogen and oxygen atoms in total. The average Bonchev–Trinajstić information content (AvgIpc) is 2.23. The number of hydrogen-bond acceptors (Lipinski definition) is 3. The third-order valence-electron chi connectivity index (χ3n) is 3.38. The molecule has 2 atom stereocenters. The molecule has 1 fully saturated rings. The predicted octanol–water partition coefficient (Wildman–Crippen LogP) is 3.25. The van der Waals surface area contributed by atoms with Crippen LogP contribution in [0.1, 0.15) is 19.4 Å². The summed E-state index contributed by atoms with van der Waals surface area (Å²) in [5, 5.41) is 1.42. The summed E-state index contributed by atoms with van der Waals surface area (Å²) in [6, 6.07) is 6.43. The molecule has 0 bridgehead atoms. The first-order valence-corrected chi connectivity index (χ1v) is 7.39. The molecule has 1 aliphatic heterocycles. The van der Waals surface area contributed by atoms with E-state index < -0.39 is 0 Å². The fourth-order valence-electron chi connectivity index (χ4n) is 2.22. The molecule has 0 aromatic heterocycles. The molecule has 4 heteroatoms. The fraction of sp³-hybridized carbons (Fsp3) is 0.538. The van der Waals surface area contributed by atoms with Crippen molar-refractivity contribution in [3.05, 3.63) is 28.8 Å². The third-order valence-corrected chi connectivity index (χ3v) is 4.94. The highest BCUT2D eigenvalue weighted by molar-refractivity contribution is 8.00. The second-order valence-electron chi connectivity index (χ2n) is 4.68. The predicted molar refractivity (Wildman–Crippen MR) is 77.7 cm³/mol. The smallest absolute Gasteiger partial charge is 0.0429 e. The van der Waals surface area contributed by atoms with Crippen LogP contribution >= 0.6 is 23.4 Å². The number of halogens is 1. The van der Waals surface area contributed by atoms with Gasteiger partial charge in [-0.1, -0.05) is 18.5 Å². The number of benzene rings is 1. The van der Waals surface area contributed by atoms with Gasteiger partial charge in [0.2, 0.25) is 0 Å². The molecule has 2 rings (SSSR count). The molecule has 1 aliphatic rings. The van der Waals surface area contributed by atoms with E-state index in [2.05, 4.69) is 30.5 Å². The molecule has 0 saturated carbocycles. The molecule has 0 aliphatic carbocycles. The lowest BCUT2D eigenvalue weighted by Gasteiger charge is -2.37. The molecule has 17 heavy (non-hydrogen) atoms. The van der Waals surface area contributed by atoms with Gasteiger partial charge in [0, 0.05) is 40.8 Å². The molecule has 1 saturated heterocycles. The van der Waals surface area contributed by atoms with Crippen LogP contribution in [0.3, 0.4) is 0 Å². The van der Waals surface area contributed by atoms with Crippen LogP contribution in [0.15, 0.2) is 18.2 Å². The second kappa shape index (κ2) is 5.51. The maximum absolute atomic E-state index is 6.03. The molecular formula is C13H19ClN2S. The Balaban J connectivity index is 2.09. The lowest BCUT2D eigenvalue weighted by molar-refractivity contribution is 0.204. The van der Waals surface area contributed by atoms with E-state index in [0.29, 0.717) is 11.3 Å². The van der Waals surface area contributed by atoms with Gasteiger partial charge in [-0.25, -0.2) is 0 Å². The van der Waals surface area contributed by atoms with Crippen LogP contribution in [-0.2, 0) is 6.54 Å². The Morgan fingerprint density at radius 1 is 1.41 bits per heavy atom. The fourth-order valence-corrected chi connectivity index (χ4v) is 3.65. The number of nitrogens with zero attached hydrogens (tertiary/aromatic N) is 1. The number of nitrogens with two attached hydrogens (primary N) is 1. The minimum Gasteiger partial charge on any atom is -0.399 e. The van der Waals surface area contributed by atoms with E-state index in [9.17, 15) is 0 Å². The largest absolute Gasteiger partial charge is 0.399 e. The highest BCUT2D eigenvalue weighted by Gasteiger charge is 2.24. The number of rotatable bonds is 2. The van der Waals surface area contributed by atoms with Gasteiger partial charge in [-0.15, -0.1) is 0 Å².